The van der Waals surface area contributed by atoms with Gasteiger partial charge >= 0.3 is 0 Å². The van der Waals surface area contributed by atoms with Crippen LogP contribution in [0.2, 0.25) is 0 Å². The van der Waals surface area contributed by atoms with Crippen LogP contribution in [0.15, 0.2) is 6.07 Å². The summed E-state index contributed by atoms with van der Waals surface area (Å²) in [6, 6.07) is 1.70. The first-order valence-corrected chi connectivity index (χ1v) is 9.65. The van der Waals surface area contributed by atoms with E-state index >= 15 is 0 Å². The molecular formula is C15H23N5O4S. The van der Waals surface area contributed by atoms with E-state index in [9.17, 15) is 18.0 Å². The minimum atomic E-state index is -3.64. The largest absolute Gasteiger partial charge is 0.347 e. The lowest BCUT2D eigenvalue weighted by atomic mass is 10.1. The van der Waals surface area contributed by atoms with Crippen molar-refractivity contribution in [2.45, 2.75) is 32.7 Å². The van der Waals surface area contributed by atoms with Crippen LogP contribution in [0.25, 0.3) is 0 Å². The third-order valence-corrected chi connectivity index (χ3v) is 5.04. The zero-order valence-electron chi connectivity index (χ0n) is 14.7. The van der Waals surface area contributed by atoms with E-state index < -0.39 is 10.0 Å². The highest BCUT2D eigenvalue weighted by Gasteiger charge is 2.27. The third-order valence-electron chi connectivity index (χ3n) is 3.74. The van der Waals surface area contributed by atoms with Crippen molar-refractivity contribution >= 4 is 27.8 Å². The van der Waals surface area contributed by atoms with Gasteiger partial charge in [-0.3, -0.25) is 14.5 Å². The Morgan fingerprint density at radius 3 is 2.44 bits per heavy atom. The van der Waals surface area contributed by atoms with E-state index in [0.717, 1.165) is 10.6 Å². The lowest BCUT2D eigenvalue weighted by Crippen LogP contribution is -2.44. The highest BCUT2D eigenvalue weighted by atomic mass is 32.2. The van der Waals surface area contributed by atoms with E-state index in [1.807, 2.05) is 0 Å². The average molecular weight is 369 g/mol. The molecule has 0 saturated carbocycles. The van der Waals surface area contributed by atoms with Gasteiger partial charge in [-0.05, 0) is 19.4 Å². The van der Waals surface area contributed by atoms with Crippen molar-refractivity contribution in [2.24, 2.45) is 0 Å². The number of hydrogen-bond donors (Lipinski definition) is 1. The number of likely N-dealkylation sites (tertiary alicyclic amines) is 1. The van der Waals surface area contributed by atoms with Crippen LogP contribution in [0.1, 0.15) is 30.7 Å². The Kier molecular flexibility index (Phi) is 6.07. The monoisotopic (exact) mass is 369 g/mol. The molecule has 0 atom stereocenters. The fraction of sp³-hybridized carbons (Fsp3) is 0.600. The molecule has 1 saturated heterocycles. The predicted octanol–water partition coefficient (Wildman–Crippen LogP) is -0.190. The molecule has 0 aromatic carbocycles. The SMILES string of the molecule is Cc1cc(CNS(=O)(=O)CCN2C(=O)CCCC2=O)nc(N(C)C)n1. The number of carbonyl (C=O) groups is 2. The highest BCUT2D eigenvalue weighted by Crippen LogP contribution is 2.12. The molecule has 2 rings (SSSR count). The van der Waals surface area contributed by atoms with Crippen LogP contribution in [0, 0.1) is 6.92 Å². The maximum absolute atomic E-state index is 12.1. The first-order chi connectivity index (χ1) is 11.7. The molecule has 9 nitrogen and oxygen atoms in total. The lowest BCUT2D eigenvalue weighted by molar-refractivity contribution is -0.147. The summed E-state index contributed by atoms with van der Waals surface area (Å²) in [5, 5.41) is 0. The molecule has 1 aliphatic rings. The predicted molar refractivity (Wildman–Crippen MR) is 92.3 cm³/mol. The summed E-state index contributed by atoms with van der Waals surface area (Å²) in [5.74, 6) is -0.449. The number of rotatable bonds is 7. The quantitative estimate of drug-likeness (QED) is 0.663. The number of sulfonamides is 1. The Labute approximate surface area is 147 Å². The molecule has 138 valence electrons. The Morgan fingerprint density at radius 1 is 1.20 bits per heavy atom. The summed E-state index contributed by atoms with van der Waals surface area (Å²) in [6.45, 7) is 1.70. The Bertz CT molecular complexity index is 747. The van der Waals surface area contributed by atoms with E-state index in [4.69, 9.17) is 0 Å². The number of aryl methyl sites for hydroxylation is 1. The molecule has 1 aliphatic heterocycles. The van der Waals surface area contributed by atoms with Crippen molar-refractivity contribution in [1.82, 2.24) is 19.6 Å². The standard InChI is InChI=1S/C15H23N5O4S/c1-11-9-12(18-15(17-11)19(2)3)10-16-25(23,24)8-7-20-13(21)5-4-6-14(20)22/h9,16H,4-8,10H2,1-3H3. The molecule has 1 N–H and O–H groups in total. The second kappa shape index (κ2) is 7.87. The molecule has 2 heterocycles. The van der Waals surface area contributed by atoms with Gasteiger partial charge in [0.15, 0.2) is 0 Å². The van der Waals surface area contributed by atoms with Crippen molar-refractivity contribution in [3.05, 3.63) is 17.5 Å². The van der Waals surface area contributed by atoms with Crippen molar-refractivity contribution in [3.63, 3.8) is 0 Å². The number of nitrogens with one attached hydrogen (secondary N) is 1. The summed E-state index contributed by atoms with van der Waals surface area (Å²) in [5.41, 5.74) is 1.28. The minimum absolute atomic E-state index is 0.0222. The van der Waals surface area contributed by atoms with Crippen LogP contribution in [-0.2, 0) is 26.2 Å². The van der Waals surface area contributed by atoms with E-state index in [1.54, 1.807) is 32.0 Å². The molecule has 1 fully saturated rings. The van der Waals surface area contributed by atoms with Crippen LogP contribution in [0.3, 0.4) is 0 Å². The maximum atomic E-state index is 12.1. The molecule has 0 bridgehead atoms. The van der Waals surface area contributed by atoms with Gasteiger partial charge in [-0.25, -0.2) is 23.1 Å². The average Bonchev–Trinajstić information content (AvgIpc) is 2.52. The van der Waals surface area contributed by atoms with E-state index in [-0.39, 0.29) is 43.5 Å². The summed E-state index contributed by atoms with van der Waals surface area (Å²) >= 11 is 0. The number of aromatic nitrogens is 2. The first kappa shape index (κ1) is 19.3. The van der Waals surface area contributed by atoms with Crippen molar-refractivity contribution < 1.29 is 18.0 Å². The normalized spacial score (nSPS) is 15.6. The molecule has 0 aliphatic carbocycles. The van der Waals surface area contributed by atoms with Gasteiger partial charge in [0.25, 0.3) is 0 Å². The zero-order valence-corrected chi connectivity index (χ0v) is 15.5. The van der Waals surface area contributed by atoms with Gasteiger partial charge in [-0.2, -0.15) is 0 Å². The first-order valence-electron chi connectivity index (χ1n) is 8.00. The van der Waals surface area contributed by atoms with Crippen LogP contribution >= 0.6 is 0 Å². The van der Waals surface area contributed by atoms with Gasteiger partial charge in [0.2, 0.25) is 27.8 Å². The molecule has 0 radical (unpaired) electrons. The lowest BCUT2D eigenvalue weighted by Gasteiger charge is -2.24. The van der Waals surface area contributed by atoms with Gasteiger partial charge in [-0.1, -0.05) is 0 Å². The van der Waals surface area contributed by atoms with Gasteiger partial charge in [-0.15, -0.1) is 0 Å². The zero-order chi connectivity index (χ0) is 18.6. The van der Waals surface area contributed by atoms with Gasteiger partial charge in [0.05, 0.1) is 18.0 Å². The number of nitrogens with zero attached hydrogens (tertiary/aromatic N) is 4. The van der Waals surface area contributed by atoms with Gasteiger partial charge in [0.1, 0.15) is 0 Å². The van der Waals surface area contributed by atoms with Crippen molar-refractivity contribution in [2.75, 3.05) is 31.3 Å². The van der Waals surface area contributed by atoms with Crippen LogP contribution in [0.4, 0.5) is 5.95 Å². The van der Waals surface area contributed by atoms with Crippen LogP contribution in [-0.4, -0.2) is 61.5 Å². The Morgan fingerprint density at radius 2 is 1.84 bits per heavy atom. The molecule has 1 aromatic rings. The summed E-state index contributed by atoms with van der Waals surface area (Å²) < 4.78 is 26.8. The highest BCUT2D eigenvalue weighted by molar-refractivity contribution is 7.89. The second-order valence-electron chi connectivity index (χ2n) is 6.13. The fourth-order valence-corrected chi connectivity index (χ4v) is 3.36. The van der Waals surface area contributed by atoms with E-state index in [0.29, 0.717) is 18.1 Å². The smallest absolute Gasteiger partial charge is 0.229 e. The Hall–Kier alpha value is -2.07. The minimum Gasteiger partial charge on any atom is -0.347 e. The fourth-order valence-electron chi connectivity index (χ4n) is 2.42. The van der Waals surface area contributed by atoms with Crippen LogP contribution < -0.4 is 9.62 Å². The van der Waals surface area contributed by atoms with Crippen molar-refractivity contribution in [1.29, 1.82) is 0 Å². The molecule has 1 aromatic heterocycles. The third kappa shape index (κ3) is 5.46. The summed E-state index contributed by atoms with van der Waals surface area (Å²) in [4.78, 5) is 34.7. The van der Waals surface area contributed by atoms with Gasteiger partial charge < -0.3 is 4.90 Å². The molecular weight excluding hydrogens is 346 g/mol. The topological polar surface area (TPSA) is 113 Å². The molecule has 10 heteroatoms. The number of anilines is 1. The van der Waals surface area contributed by atoms with Gasteiger partial charge in [0, 0.05) is 39.2 Å². The maximum Gasteiger partial charge on any atom is 0.229 e. The van der Waals surface area contributed by atoms with E-state index in [1.165, 1.54) is 0 Å². The number of piperidine rings is 1. The molecule has 0 spiro atoms. The number of hydrogen-bond acceptors (Lipinski definition) is 7. The number of amides is 2. The molecule has 25 heavy (non-hydrogen) atoms. The molecule has 0 unspecified atom stereocenters. The summed E-state index contributed by atoms with van der Waals surface area (Å²) in [6.07, 6.45) is 1.10. The van der Waals surface area contributed by atoms with E-state index in [2.05, 4.69) is 14.7 Å². The Balaban J connectivity index is 1.95. The number of carbonyl (C=O) groups excluding carboxylic acids is 2. The number of imide groups is 1. The van der Waals surface area contributed by atoms with Crippen molar-refractivity contribution in [3.8, 4) is 0 Å². The molecule has 2 amide bonds. The summed E-state index contributed by atoms with van der Waals surface area (Å²) in [7, 11) is -0.0402. The second-order valence-corrected chi connectivity index (χ2v) is 8.05. The van der Waals surface area contributed by atoms with Crippen LogP contribution in [0.5, 0.6) is 0 Å².